The number of carbonyl (C=O) groups excluding carboxylic acids is 1. The predicted molar refractivity (Wildman–Crippen MR) is 43.2 cm³/mol. The predicted octanol–water partition coefficient (Wildman–Crippen LogP) is -0.514. The molecule has 4 heteroatoms. The third-order valence-corrected chi connectivity index (χ3v) is 1.43. The first-order chi connectivity index (χ1) is 5.31. The van der Waals surface area contributed by atoms with Crippen LogP contribution in [-0.4, -0.2) is 32.7 Å². The van der Waals surface area contributed by atoms with Crippen molar-refractivity contribution >= 4 is 6.47 Å². The van der Waals surface area contributed by atoms with Gasteiger partial charge in [0.25, 0.3) is 6.47 Å². The lowest BCUT2D eigenvalue weighted by Gasteiger charge is -2.17. The number of hydrogen-bond acceptors (Lipinski definition) is 4. The summed E-state index contributed by atoms with van der Waals surface area (Å²) >= 11 is 0. The fraction of sp³-hybridized carbons (Fsp3) is 0.857. The molecule has 1 rings (SSSR count). The van der Waals surface area contributed by atoms with Gasteiger partial charge in [0.2, 0.25) is 0 Å². The lowest BCUT2D eigenvalue weighted by atomic mass is 10.1. The van der Waals surface area contributed by atoms with E-state index in [1.807, 2.05) is 0 Å². The fourth-order valence-corrected chi connectivity index (χ4v) is 0.879. The van der Waals surface area contributed by atoms with Gasteiger partial charge in [0, 0.05) is 12.6 Å². The summed E-state index contributed by atoms with van der Waals surface area (Å²) < 4.78 is 3.86. The van der Waals surface area contributed by atoms with Crippen LogP contribution in [0.5, 0.6) is 0 Å². The molecule has 3 N–H and O–H groups in total. The molecule has 0 aromatic rings. The second-order valence-corrected chi connectivity index (χ2v) is 2.44. The molecule has 1 aliphatic rings. The van der Waals surface area contributed by atoms with E-state index in [1.54, 1.807) is 0 Å². The van der Waals surface area contributed by atoms with Gasteiger partial charge in [-0.3, -0.25) is 4.79 Å². The lowest BCUT2D eigenvalue weighted by molar-refractivity contribution is -0.126. The number of piperidine rings is 1. The van der Waals surface area contributed by atoms with Crippen LogP contribution in [0.1, 0.15) is 12.8 Å². The van der Waals surface area contributed by atoms with E-state index < -0.39 is 0 Å². The zero-order valence-electron chi connectivity index (χ0n) is 6.88. The Morgan fingerprint density at radius 2 is 2.36 bits per heavy atom. The number of hydrogen-bond donors (Lipinski definition) is 2. The Morgan fingerprint density at radius 1 is 1.73 bits per heavy atom. The molecule has 1 fully saturated rings. The third kappa shape index (κ3) is 7.29. The highest BCUT2D eigenvalue weighted by Crippen LogP contribution is 1.96. The highest BCUT2D eigenvalue weighted by atomic mass is 16.5. The molecule has 0 radical (unpaired) electrons. The van der Waals surface area contributed by atoms with Gasteiger partial charge in [-0.25, -0.2) is 0 Å². The van der Waals surface area contributed by atoms with E-state index >= 15 is 0 Å². The third-order valence-electron chi connectivity index (χ3n) is 1.43. The largest absolute Gasteiger partial charge is 0.471 e. The van der Waals surface area contributed by atoms with Crippen LogP contribution in [0.4, 0.5) is 0 Å². The Balaban J connectivity index is 0.000000218. The maximum Gasteiger partial charge on any atom is 0.292 e. The quantitative estimate of drug-likeness (QED) is 0.507. The zero-order chi connectivity index (χ0) is 8.53. The molecule has 11 heavy (non-hydrogen) atoms. The van der Waals surface area contributed by atoms with E-state index in [1.165, 1.54) is 20.0 Å². The second-order valence-electron chi connectivity index (χ2n) is 2.44. The van der Waals surface area contributed by atoms with Gasteiger partial charge in [0.05, 0.1) is 7.11 Å². The highest BCUT2D eigenvalue weighted by molar-refractivity contribution is 5.36. The SMILES string of the molecule is COC=O.NC1CCCNC1. The van der Waals surface area contributed by atoms with E-state index in [4.69, 9.17) is 10.5 Å². The van der Waals surface area contributed by atoms with E-state index in [2.05, 4.69) is 10.1 Å². The monoisotopic (exact) mass is 160 g/mol. The summed E-state index contributed by atoms with van der Waals surface area (Å²) in [6, 6.07) is 0.425. The summed E-state index contributed by atoms with van der Waals surface area (Å²) in [7, 11) is 1.31. The van der Waals surface area contributed by atoms with E-state index in [0.717, 1.165) is 13.1 Å². The molecule has 1 saturated heterocycles. The summed E-state index contributed by atoms with van der Waals surface area (Å²) in [4.78, 5) is 8.95. The average molecular weight is 160 g/mol. The number of nitrogens with two attached hydrogens (primary N) is 1. The Labute approximate surface area is 67.1 Å². The summed E-state index contributed by atoms with van der Waals surface area (Å²) in [5.41, 5.74) is 5.57. The molecule has 4 nitrogen and oxygen atoms in total. The van der Waals surface area contributed by atoms with Crippen LogP contribution in [0.15, 0.2) is 0 Å². The topological polar surface area (TPSA) is 64.3 Å². The summed E-state index contributed by atoms with van der Waals surface area (Å²) in [6.07, 6.45) is 2.45. The molecule has 66 valence electrons. The van der Waals surface area contributed by atoms with Crippen molar-refractivity contribution in [2.24, 2.45) is 5.73 Å². The first kappa shape index (κ1) is 10.4. The Morgan fingerprint density at radius 3 is 2.55 bits per heavy atom. The minimum absolute atomic E-state index is 0.375. The minimum atomic E-state index is 0.375. The maximum atomic E-state index is 8.95. The number of rotatable bonds is 1. The first-order valence-electron chi connectivity index (χ1n) is 3.74. The van der Waals surface area contributed by atoms with Gasteiger partial charge in [0.1, 0.15) is 0 Å². The molecule has 0 saturated carbocycles. The Hall–Kier alpha value is -0.610. The zero-order valence-corrected chi connectivity index (χ0v) is 6.88. The van der Waals surface area contributed by atoms with Gasteiger partial charge in [-0.05, 0) is 19.4 Å². The van der Waals surface area contributed by atoms with Crippen molar-refractivity contribution in [2.45, 2.75) is 18.9 Å². The Kier molecular flexibility index (Phi) is 7.08. The van der Waals surface area contributed by atoms with Crippen LogP contribution in [0.25, 0.3) is 0 Å². The molecule has 0 spiro atoms. The molecule has 0 amide bonds. The van der Waals surface area contributed by atoms with Crippen LogP contribution in [0.2, 0.25) is 0 Å². The van der Waals surface area contributed by atoms with E-state index in [0.29, 0.717) is 12.5 Å². The fourth-order valence-electron chi connectivity index (χ4n) is 0.879. The van der Waals surface area contributed by atoms with Crippen LogP contribution >= 0.6 is 0 Å². The van der Waals surface area contributed by atoms with E-state index in [9.17, 15) is 0 Å². The Bertz CT molecular complexity index is 92.4. The van der Waals surface area contributed by atoms with Crippen molar-refractivity contribution in [1.29, 1.82) is 0 Å². The molecular formula is C7H16N2O2. The smallest absolute Gasteiger partial charge is 0.292 e. The molecule has 1 heterocycles. The molecule has 0 aromatic carbocycles. The van der Waals surface area contributed by atoms with Crippen molar-refractivity contribution < 1.29 is 9.53 Å². The molecule has 0 aliphatic carbocycles. The standard InChI is InChI=1S/C5H12N2.C2H4O2/c6-5-2-1-3-7-4-5;1-4-2-3/h5,7H,1-4,6H2;2H,1H3. The van der Waals surface area contributed by atoms with Gasteiger partial charge in [-0.1, -0.05) is 0 Å². The summed E-state index contributed by atoms with van der Waals surface area (Å²) in [5.74, 6) is 0. The van der Waals surface area contributed by atoms with Crippen LogP contribution < -0.4 is 11.1 Å². The van der Waals surface area contributed by atoms with Crippen LogP contribution in [0.3, 0.4) is 0 Å². The molecular weight excluding hydrogens is 144 g/mol. The summed E-state index contributed by atoms with van der Waals surface area (Å²) in [5, 5.41) is 3.21. The maximum absolute atomic E-state index is 8.95. The van der Waals surface area contributed by atoms with Gasteiger partial charge in [0.15, 0.2) is 0 Å². The van der Waals surface area contributed by atoms with Gasteiger partial charge < -0.3 is 15.8 Å². The molecule has 1 atom stereocenters. The number of methoxy groups -OCH3 is 1. The average Bonchev–Trinajstić information content (AvgIpc) is 2.07. The van der Waals surface area contributed by atoms with Crippen molar-refractivity contribution in [2.75, 3.05) is 20.2 Å². The number of ether oxygens (including phenoxy) is 1. The van der Waals surface area contributed by atoms with Crippen LogP contribution in [-0.2, 0) is 9.53 Å². The van der Waals surface area contributed by atoms with Gasteiger partial charge in [-0.2, -0.15) is 0 Å². The first-order valence-corrected chi connectivity index (χ1v) is 3.74. The molecule has 0 aromatic heterocycles. The van der Waals surface area contributed by atoms with Crippen molar-refractivity contribution in [3.63, 3.8) is 0 Å². The van der Waals surface area contributed by atoms with Crippen molar-refractivity contribution in [3.8, 4) is 0 Å². The molecule has 1 unspecified atom stereocenters. The normalized spacial score (nSPS) is 22.9. The number of carbonyl (C=O) groups is 1. The lowest BCUT2D eigenvalue weighted by Crippen LogP contribution is -2.39. The highest BCUT2D eigenvalue weighted by Gasteiger charge is 2.05. The number of nitrogens with one attached hydrogen (secondary N) is 1. The minimum Gasteiger partial charge on any atom is -0.471 e. The van der Waals surface area contributed by atoms with Gasteiger partial charge >= 0.3 is 0 Å². The van der Waals surface area contributed by atoms with Crippen molar-refractivity contribution in [3.05, 3.63) is 0 Å². The molecule has 0 bridgehead atoms. The van der Waals surface area contributed by atoms with E-state index in [-0.39, 0.29) is 0 Å². The van der Waals surface area contributed by atoms with Crippen molar-refractivity contribution in [1.82, 2.24) is 5.32 Å². The second kappa shape index (κ2) is 7.50. The van der Waals surface area contributed by atoms with Gasteiger partial charge in [-0.15, -0.1) is 0 Å². The van der Waals surface area contributed by atoms with Crippen LogP contribution in [0, 0.1) is 0 Å². The summed E-state index contributed by atoms with van der Waals surface area (Å²) in [6.45, 7) is 2.55. The molecule has 1 aliphatic heterocycles.